The Morgan fingerprint density at radius 2 is 2.14 bits per heavy atom. The minimum absolute atomic E-state index is 0.254. The van der Waals surface area contributed by atoms with Crippen molar-refractivity contribution in [2.45, 2.75) is 57.8 Å². The van der Waals surface area contributed by atoms with E-state index in [0.29, 0.717) is 18.6 Å². The molecule has 118 valence electrons. The smallest absolute Gasteiger partial charge is 0.252 e. The summed E-state index contributed by atoms with van der Waals surface area (Å²) in [5, 5.41) is 7.53. The van der Waals surface area contributed by atoms with Crippen molar-refractivity contribution in [2.24, 2.45) is 0 Å². The number of ether oxygens (including phenoxy) is 1. The van der Waals surface area contributed by atoms with Crippen LogP contribution in [0.1, 0.15) is 56.8 Å². The van der Waals surface area contributed by atoms with Crippen molar-refractivity contribution in [1.29, 1.82) is 0 Å². The van der Waals surface area contributed by atoms with Gasteiger partial charge < -0.3 is 19.5 Å². The highest BCUT2D eigenvalue weighted by Gasteiger charge is 2.22. The first-order valence-corrected chi connectivity index (χ1v) is 8.25. The van der Waals surface area contributed by atoms with Gasteiger partial charge in [-0.3, -0.25) is 0 Å². The standard InChI is InChI=1S/C15H26N4O2/c1-2-19-9-6-12(7-10-19)20-11-14-17-15(18-21-14)13-5-3-4-8-16-13/h12-13,16H,2-11H2,1H3/t13-/m0/s1. The van der Waals surface area contributed by atoms with Crippen molar-refractivity contribution in [3.05, 3.63) is 11.7 Å². The monoisotopic (exact) mass is 294 g/mol. The van der Waals surface area contributed by atoms with Gasteiger partial charge in [0, 0.05) is 13.1 Å². The second-order valence-electron chi connectivity index (χ2n) is 5.99. The lowest BCUT2D eigenvalue weighted by Crippen LogP contribution is -2.36. The Labute approximate surface area is 126 Å². The first-order chi connectivity index (χ1) is 10.3. The van der Waals surface area contributed by atoms with E-state index in [2.05, 4.69) is 27.3 Å². The van der Waals surface area contributed by atoms with Crippen molar-refractivity contribution in [2.75, 3.05) is 26.2 Å². The van der Waals surface area contributed by atoms with Crippen molar-refractivity contribution < 1.29 is 9.26 Å². The van der Waals surface area contributed by atoms with Crippen LogP contribution in [0.15, 0.2) is 4.52 Å². The van der Waals surface area contributed by atoms with Gasteiger partial charge in [0.2, 0.25) is 0 Å². The van der Waals surface area contributed by atoms with E-state index in [0.717, 1.165) is 51.3 Å². The van der Waals surface area contributed by atoms with E-state index in [-0.39, 0.29) is 6.04 Å². The molecule has 0 spiro atoms. The summed E-state index contributed by atoms with van der Waals surface area (Å²) in [7, 11) is 0. The molecule has 6 nitrogen and oxygen atoms in total. The molecule has 21 heavy (non-hydrogen) atoms. The normalized spacial score (nSPS) is 25.3. The fraction of sp³-hybridized carbons (Fsp3) is 0.867. The van der Waals surface area contributed by atoms with Crippen LogP contribution in [0, 0.1) is 0 Å². The van der Waals surface area contributed by atoms with Gasteiger partial charge in [0.1, 0.15) is 6.61 Å². The van der Waals surface area contributed by atoms with Gasteiger partial charge in [0.15, 0.2) is 5.82 Å². The van der Waals surface area contributed by atoms with Gasteiger partial charge in [0.25, 0.3) is 5.89 Å². The minimum Gasteiger partial charge on any atom is -0.368 e. The van der Waals surface area contributed by atoms with E-state index in [1.807, 2.05) is 0 Å². The van der Waals surface area contributed by atoms with Crippen LogP contribution in [0.5, 0.6) is 0 Å². The highest BCUT2D eigenvalue weighted by molar-refractivity contribution is 4.95. The molecular weight excluding hydrogens is 268 g/mol. The molecule has 2 aliphatic heterocycles. The van der Waals surface area contributed by atoms with Crippen LogP contribution in [0.3, 0.4) is 0 Å². The maximum Gasteiger partial charge on any atom is 0.252 e. The highest BCUT2D eigenvalue weighted by atomic mass is 16.5. The lowest BCUT2D eigenvalue weighted by Gasteiger charge is -2.30. The van der Waals surface area contributed by atoms with Gasteiger partial charge in [-0.1, -0.05) is 18.5 Å². The van der Waals surface area contributed by atoms with Crippen molar-refractivity contribution >= 4 is 0 Å². The number of piperidine rings is 2. The van der Waals surface area contributed by atoms with Crippen molar-refractivity contribution in [3.63, 3.8) is 0 Å². The summed E-state index contributed by atoms with van der Waals surface area (Å²) in [6, 6.07) is 0.254. The number of hydrogen-bond acceptors (Lipinski definition) is 6. The van der Waals surface area contributed by atoms with Crippen LogP contribution in [0.25, 0.3) is 0 Å². The third-order valence-corrected chi connectivity index (χ3v) is 4.53. The third-order valence-electron chi connectivity index (χ3n) is 4.53. The Bertz CT molecular complexity index is 423. The number of nitrogens with zero attached hydrogens (tertiary/aromatic N) is 3. The molecule has 2 aliphatic rings. The third kappa shape index (κ3) is 4.02. The van der Waals surface area contributed by atoms with Crippen molar-refractivity contribution in [1.82, 2.24) is 20.4 Å². The number of aromatic nitrogens is 2. The molecule has 6 heteroatoms. The zero-order valence-corrected chi connectivity index (χ0v) is 12.9. The van der Waals surface area contributed by atoms with Crippen LogP contribution < -0.4 is 5.32 Å². The first kappa shape index (κ1) is 14.9. The molecule has 0 radical (unpaired) electrons. The second kappa shape index (κ2) is 7.33. The Hall–Kier alpha value is -0.980. The average molecular weight is 294 g/mol. The fourth-order valence-corrected chi connectivity index (χ4v) is 3.12. The minimum atomic E-state index is 0.254. The lowest BCUT2D eigenvalue weighted by atomic mass is 10.0. The summed E-state index contributed by atoms with van der Waals surface area (Å²) in [4.78, 5) is 6.93. The predicted molar refractivity (Wildman–Crippen MR) is 78.8 cm³/mol. The summed E-state index contributed by atoms with van der Waals surface area (Å²) < 4.78 is 11.2. The van der Waals surface area contributed by atoms with Gasteiger partial charge >= 0.3 is 0 Å². The van der Waals surface area contributed by atoms with Gasteiger partial charge in [-0.05, 0) is 38.8 Å². The maximum absolute atomic E-state index is 5.92. The quantitative estimate of drug-likeness (QED) is 0.894. The molecular formula is C15H26N4O2. The van der Waals surface area contributed by atoms with E-state index in [4.69, 9.17) is 9.26 Å². The lowest BCUT2D eigenvalue weighted by molar-refractivity contribution is -0.0114. The zero-order valence-electron chi connectivity index (χ0n) is 12.9. The largest absolute Gasteiger partial charge is 0.368 e. The van der Waals surface area contributed by atoms with Gasteiger partial charge in [0.05, 0.1) is 12.1 Å². The highest BCUT2D eigenvalue weighted by Crippen LogP contribution is 2.21. The Kier molecular flexibility index (Phi) is 5.22. The van der Waals surface area contributed by atoms with Crippen LogP contribution in [-0.2, 0) is 11.3 Å². The van der Waals surface area contributed by atoms with Crippen LogP contribution in [-0.4, -0.2) is 47.3 Å². The average Bonchev–Trinajstić information content (AvgIpc) is 3.03. The predicted octanol–water partition coefficient (Wildman–Crippen LogP) is 1.89. The number of likely N-dealkylation sites (tertiary alicyclic amines) is 1. The molecule has 0 unspecified atom stereocenters. The molecule has 0 amide bonds. The maximum atomic E-state index is 5.92. The van der Waals surface area contributed by atoms with E-state index >= 15 is 0 Å². The summed E-state index contributed by atoms with van der Waals surface area (Å²) in [6.45, 7) is 7.08. The molecule has 1 atom stereocenters. The molecule has 2 fully saturated rings. The van der Waals surface area contributed by atoms with E-state index in [1.165, 1.54) is 12.8 Å². The summed E-state index contributed by atoms with van der Waals surface area (Å²) in [5.41, 5.74) is 0. The van der Waals surface area contributed by atoms with Gasteiger partial charge in [-0.25, -0.2) is 0 Å². The fourth-order valence-electron chi connectivity index (χ4n) is 3.12. The topological polar surface area (TPSA) is 63.4 Å². The molecule has 1 aromatic rings. The Balaban J connectivity index is 1.44. The summed E-state index contributed by atoms with van der Waals surface area (Å²) in [6.07, 6.45) is 6.08. The van der Waals surface area contributed by atoms with Crippen LogP contribution >= 0.6 is 0 Å². The molecule has 0 saturated carbocycles. The molecule has 0 aliphatic carbocycles. The number of rotatable bonds is 5. The molecule has 0 aromatic carbocycles. The Morgan fingerprint density at radius 3 is 2.86 bits per heavy atom. The summed E-state index contributed by atoms with van der Waals surface area (Å²) in [5.74, 6) is 1.39. The van der Waals surface area contributed by atoms with Gasteiger partial charge in [-0.2, -0.15) is 4.98 Å². The van der Waals surface area contributed by atoms with E-state index < -0.39 is 0 Å². The zero-order chi connectivity index (χ0) is 14.5. The van der Waals surface area contributed by atoms with E-state index in [1.54, 1.807) is 0 Å². The SMILES string of the molecule is CCN1CCC(OCc2nc([C@@H]3CCCCN3)no2)CC1. The van der Waals surface area contributed by atoms with Crippen molar-refractivity contribution in [3.8, 4) is 0 Å². The molecule has 1 aromatic heterocycles. The number of hydrogen-bond donors (Lipinski definition) is 1. The second-order valence-corrected chi connectivity index (χ2v) is 5.99. The molecule has 3 heterocycles. The Morgan fingerprint density at radius 1 is 1.29 bits per heavy atom. The molecule has 0 bridgehead atoms. The molecule has 3 rings (SSSR count). The van der Waals surface area contributed by atoms with Crippen LogP contribution in [0.4, 0.5) is 0 Å². The molecule has 2 saturated heterocycles. The van der Waals surface area contributed by atoms with E-state index in [9.17, 15) is 0 Å². The first-order valence-electron chi connectivity index (χ1n) is 8.25. The number of nitrogens with one attached hydrogen (secondary N) is 1. The molecule has 1 N–H and O–H groups in total. The summed E-state index contributed by atoms with van der Waals surface area (Å²) >= 11 is 0. The van der Waals surface area contributed by atoms with Crippen LogP contribution in [0.2, 0.25) is 0 Å². The van der Waals surface area contributed by atoms with Gasteiger partial charge in [-0.15, -0.1) is 0 Å².